The Balaban J connectivity index is 2.14. The van der Waals surface area contributed by atoms with Crippen molar-refractivity contribution in [1.29, 1.82) is 0 Å². The minimum Gasteiger partial charge on any atom is -0.261 e. The molecular weight excluding hydrogens is 306 g/mol. The molecule has 0 aliphatic carbocycles. The van der Waals surface area contributed by atoms with Crippen molar-refractivity contribution >= 4 is 15.7 Å². The maximum absolute atomic E-state index is 12.3. The zero-order valence-electron chi connectivity index (χ0n) is 11.9. The lowest BCUT2D eigenvalue weighted by atomic mass is 10.2. The van der Waals surface area contributed by atoms with Crippen molar-refractivity contribution in [3.8, 4) is 0 Å². The highest BCUT2D eigenvalue weighted by molar-refractivity contribution is 7.89. The summed E-state index contributed by atoms with van der Waals surface area (Å²) < 4.78 is 27.0. The normalized spacial score (nSPS) is 11.3. The standard InChI is InChI=1S/C14H15N3O4S/c1-11-13(17(18)19)6-4-7-14(11)22(20,21)16-10-8-12-5-2-3-9-15-12/h2-7,9,16H,8,10H2,1H3. The molecule has 0 amide bonds. The lowest BCUT2D eigenvalue weighted by molar-refractivity contribution is -0.385. The van der Waals surface area contributed by atoms with Crippen LogP contribution in [0.3, 0.4) is 0 Å². The third-order valence-corrected chi connectivity index (χ3v) is 4.75. The van der Waals surface area contributed by atoms with Crippen LogP contribution < -0.4 is 4.72 Å². The van der Waals surface area contributed by atoms with Crippen molar-refractivity contribution < 1.29 is 13.3 Å². The van der Waals surface area contributed by atoms with E-state index in [0.717, 1.165) is 5.69 Å². The minimum atomic E-state index is -3.80. The van der Waals surface area contributed by atoms with Gasteiger partial charge in [0.1, 0.15) is 0 Å². The zero-order chi connectivity index (χ0) is 16.2. The number of nitro groups is 1. The van der Waals surface area contributed by atoms with Crippen LogP contribution in [-0.2, 0) is 16.4 Å². The number of sulfonamides is 1. The maximum Gasteiger partial charge on any atom is 0.273 e. The van der Waals surface area contributed by atoms with E-state index in [0.29, 0.717) is 6.42 Å². The molecule has 2 aromatic rings. The topological polar surface area (TPSA) is 102 Å². The number of hydrogen-bond donors (Lipinski definition) is 1. The Bertz CT molecular complexity index is 776. The molecule has 1 N–H and O–H groups in total. The average molecular weight is 321 g/mol. The second kappa shape index (κ2) is 6.63. The summed E-state index contributed by atoms with van der Waals surface area (Å²) in [6.07, 6.45) is 2.07. The fraction of sp³-hybridized carbons (Fsp3) is 0.214. The van der Waals surface area contributed by atoms with Crippen molar-refractivity contribution in [2.45, 2.75) is 18.2 Å². The molecule has 2 rings (SSSR count). The molecule has 22 heavy (non-hydrogen) atoms. The van der Waals surface area contributed by atoms with E-state index in [1.807, 2.05) is 6.07 Å². The SMILES string of the molecule is Cc1c([N+](=O)[O-])cccc1S(=O)(=O)NCCc1ccccn1. The first-order chi connectivity index (χ1) is 10.4. The molecule has 1 aromatic heterocycles. The van der Waals surface area contributed by atoms with E-state index < -0.39 is 14.9 Å². The smallest absolute Gasteiger partial charge is 0.261 e. The third-order valence-electron chi connectivity index (χ3n) is 3.14. The molecular formula is C14H15N3O4S. The molecule has 0 atom stereocenters. The summed E-state index contributed by atoms with van der Waals surface area (Å²) in [5.41, 5.74) is 0.673. The van der Waals surface area contributed by atoms with Gasteiger partial charge in [-0.3, -0.25) is 15.1 Å². The Kier molecular flexibility index (Phi) is 4.84. The van der Waals surface area contributed by atoms with E-state index in [4.69, 9.17) is 0 Å². The van der Waals surface area contributed by atoms with Crippen LogP contribution in [0, 0.1) is 17.0 Å². The molecule has 0 saturated heterocycles. The van der Waals surface area contributed by atoms with E-state index in [1.54, 1.807) is 18.3 Å². The second-order valence-electron chi connectivity index (χ2n) is 4.63. The monoisotopic (exact) mass is 321 g/mol. The van der Waals surface area contributed by atoms with E-state index >= 15 is 0 Å². The number of pyridine rings is 1. The molecule has 1 aromatic carbocycles. The first-order valence-corrected chi connectivity index (χ1v) is 8.04. The Hall–Kier alpha value is -2.32. The number of nitrogens with one attached hydrogen (secondary N) is 1. The quantitative estimate of drug-likeness (QED) is 0.646. The highest BCUT2D eigenvalue weighted by atomic mass is 32.2. The van der Waals surface area contributed by atoms with Gasteiger partial charge in [-0.1, -0.05) is 12.1 Å². The molecule has 0 unspecified atom stereocenters. The van der Waals surface area contributed by atoms with Gasteiger partial charge < -0.3 is 0 Å². The lowest BCUT2D eigenvalue weighted by Gasteiger charge is -2.09. The first-order valence-electron chi connectivity index (χ1n) is 6.55. The van der Waals surface area contributed by atoms with Gasteiger partial charge in [0.05, 0.1) is 9.82 Å². The average Bonchev–Trinajstić information content (AvgIpc) is 2.48. The predicted molar refractivity (Wildman–Crippen MR) is 81.0 cm³/mol. The lowest BCUT2D eigenvalue weighted by Crippen LogP contribution is -2.27. The predicted octanol–water partition coefficient (Wildman–Crippen LogP) is 1.82. The summed E-state index contributed by atoms with van der Waals surface area (Å²) >= 11 is 0. The molecule has 116 valence electrons. The number of nitrogens with zero attached hydrogens (tertiary/aromatic N) is 2. The summed E-state index contributed by atoms with van der Waals surface area (Å²) in [6, 6.07) is 9.39. The van der Waals surface area contributed by atoms with Crippen LogP contribution in [0.4, 0.5) is 5.69 Å². The van der Waals surface area contributed by atoms with Gasteiger partial charge in [-0.25, -0.2) is 13.1 Å². The molecule has 0 saturated carbocycles. The molecule has 0 bridgehead atoms. The van der Waals surface area contributed by atoms with Gasteiger partial charge in [-0.05, 0) is 25.1 Å². The van der Waals surface area contributed by atoms with Crippen molar-refractivity contribution in [2.75, 3.05) is 6.54 Å². The summed E-state index contributed by atoms with van der Waals surface area (Å²) in [5, 5.41) is 10.9. The van der Waals surface area contributed by atoms with Crippen LogP contribution in [0.2, 0.25) is 0 Å². The van der Waals surface area contributed by atoms with Crippen molar-refractivity contribution in [1.82, 2.24) is 9.71 Å². The number of rotatable bonds is 6. The van der Waals surface area contributed by atoms with Crippen molar-refractivity contribution in [2.24, 2.45) is 0 Å². The zero-order valence-corrected chi connectivity index (χ0v) is 12.7. The van der Waals surface area contributed by atoms with Crippen molar-refractivity contribution in [3.05, 3.63) is 64.0 Å². The highest BCUT2D eigenvalue weighted by Crippen LogP contribution is 2.24. The Labute approximate surface area is 128 Å². The fourth-order valence-electron chi connectivity index (χ4n) is 2.03. The van der Waals surface area contributed by atoms with E-state index in [9.17, 15) is 18.5 Å². The van der Waals surface area contributed by atoms with Gasteiger partial charge in [0, 0.05) is 36.5 Å². The number of benzene rings is 1. The van der Waals surface area contributed by atoms with Crippen LogP contribution in [0.15, 0.2) is 47.5 Å². The fourth-order valence-corrected chi connectivity index (χ4v) is 3.32. The second-order valence-corrected chi connectivity index (χ2v) is 6.36. The minimum absolute atomic E-state index is 0.0808. The highest BCUT2D eigenvalue weighted by Gasteiger charge is 2.22. The maximum atomic E-state index is 12.3. The Morgan fingerprint density at radius 1 is 1.23 bits per heavy atom. The first kappa shape index (κ1) is 16.1. The molecule has 7 nitrogen and oxygen atoms in total. The van der Waals surface area contributed by atoms with E-state index in [1.165, 1.54) is 25.1 Å². The third kappa shape index (κ3) is 3.66. The summed E-state index contributed by atoms with van der Waals surface area (Å²) in [7, 11) is -3.80. The molecule has 0 radical (unpaired) electrons. The number of aromatic nitrogens is 1. The number of nitro benzene ring substituents is 1. The molecule has 8 heteroatoms. The summed E-state index contributed by atoms with van der Waals surface area (Å²) in [5.74, 6) is 0. The van der Waals surface area contributed by atoms with Crippen LogP contribution >= 0.6 is 0 Å². The van der Waals surface area contributed by atoms with Gasteiger partial charge in [0.25, 0.3) is 5.69 Å². The molecule has 0 spiro atoms. The molecule has 1 heterocycles. The molecule has 0 fully saturated rings. The Morgan fingerprint density at radius 2 is 2.00 bits per heavy atom. The van der Waals surface area contributed by atoms with Crippen LogP contribution in [0.25, 0.3) is 0 Å². The Morgan fingerprint density at radius 3 is 2.64 bits per heavy atom. The van der Waals surface area contributed by atoms with Gasteiger partial charge in [0.15, 0.2) is 0 Å². The summed E-state index contributed by atoms with van der Waals surface area (Å²) in [4.78, 5) is 14.3. The van der Waals surface area contributed by atoms with Gasteiger partial charge in [-0.15, -0.1) is 0 Å². The van der Waals surface area contributed by atoms with Gasteiger partial charge in [-0.2, -0.15) is 0 Å². The molecule has 0 aliphatic heterocycles. The largest absolute Gasteiger partial charge is 0.273 e. The van der Waals surface area contributed by atoms with Gasteiger partial charge >= 0.3 is 0 Å². The van der Waals surface area contributed by atoms with E-state index in [-0.39, 0.29) is 22.7 Å². The van der Waals surface area contributed by atoms with Crippen LogP contribution in [-0.4, -0.2) is 24.9 Å². The van der Waals surface area contributed by atoms with Gasteiger partial charge in [0.2, 0.25) is 10.0 Å². The van der Waals surface area contributed by atoms with Crippen LogP contribution in [0.1, 0.15) is 11.3 Å². The molecule has 0 aliphatic rings. The van der Waals surface area contributed by atoms with Crippen LogP contribution in [0.5, 0.6) is 0 Å². The van der Waals surface area contributed by atoms with Crippen molar-refractivity contribution in [3.63, 3.8) is 0 Å². The summed E-state index contributed by atoms with van der Waals surface area (Å²) in [6.45, 7) is 1.59. The number of hydrogen-bond acceptors (Lipinski definition) is 5. The van der Waals surface area contributed by atoms with E-state index in [2.05, 4.69) is 9.71 Å².